The zero-order chi connectivity index (χ0) is 21.7. The van der Waals surface area contributed by atoms with Gasteiger partial charge < -0.3 is 20.3 Å². The number of amides is 3. The van der Waals surface area contributed by atoms with Crippen molar-refractivity contribution in [3.63, 3.8) is 0 Å². The van der Waals surface area contributed by atoms with Gasteiger partial charge in [-0.1, -0.05) is 66.9 Å². The van der Waals surface area contributed by atoms with Crippen molar-refractivity contribution < 1.29 is 14.3 Å². The molecule has 1 aliphatic heterocycles. The van der Waals surface area contributed by atoms with Crippen LogP contribution in [0, 0.1) is 0 Å². The number of morpholine rings is 1. The van der Waals surface area contributed by atoms with Gasteiger partial charge in [0.1, 0.15) is 11.6 Å². The van der Waals surface area contributed by atoms with Gasteiger partial charge in [0.2, 0.25) is 5.91 Å². The molecule has 1 saturated heterocycles. The van der Waals surface area contributed by atoms with Crippen molar-refractivity contribution in [3.05, 3.63) is 70.7 Å². The van der Waals surface area contributed by atoms with Crippen LogP contribution in [-0.2, 0) is 16.1 Å². The molecule has 2 aromatic carbocycles. The molecule has 1 aliphatic carbocycles. The van der Waals surface area contributed by atoms with Gasteiger partial charge in [0.25, 0.3) is 0 Å². The van der Waals surface area contributed by atoms with Gasteiger partial charge in [-0.3, -0.25) is 4.79 Å². The van der Waals surface area contributed by atoms with E-state index in [4.69, 9.17) is 16.3 Å². The van der Waals surface area contributed by atoms with E-state index < -0.39 is 5.54 Å². The highest BCUT2D eigenvalue weighted by molar-refractivity contribution is 6.30. The summed E-state index contributed by atoms with van der Waals surface area (Å²) in [4.78, 5) is 28.1. The SMILES string of the molecule is O=C(NCc1ccccc1)NC1(C(=O)N2CCOC(c3ccc(Cl)cc3)C2)CCCC1. The first-order chi connectivity index (χ1) is 15.1. The normalized spacial score (nSPS) is 20.3. The molecule has 164 valence electrons. The van der Waals surface area contributed by atoms with Crippen molar-refractivity contribution in [2.24, 2.45) is 0 Å². The Bertz CT molecular complexity index is 898. The van der Waals surface area contributed by atoms with Crippen LogP contribution in [-0.4, -0.2) is 42.1 Å². The quantitative estimate of drug-likeness (QED) is 0.735. The second kappa shape index (κ2) is 9.71. The van der Waals surface area contributed by atoms with Crippen LogP contribution in [0.3, 0.4) is 0 Å². The van der Waals surface area contributed by atoms with Gasteiger partial charge in [-0.05, 0) is 36.1 Å². The Hall–Kier alpha value is -2.57. The highest BCUT2D eigenvalue weighted by atomic mass is 35.5. The van der Waals surface area contributed by atoms with E-state index in [-0.39, 0.29) is 18.0 Å². The topological polar surface area (TPSA) is 70.7 Å². The van der Waals surface area contributed by atoms with Crippen molar-refractivity contribution in [2.75, 3.05) is 19.7 Å². The number of hydrogen-bond donors (Lipinski definition) is 2. The molecule has 0 aromatic heterocycles. The molecule has 0 bridgehead atoms. The zero-order valence-corrected chi connectivity index (χ0v) is 18.2. The van der Waals surface area contributed by atoms with Crippen LogP contribution in [0.4, 0.5) is 4.79 Å². The van der Waals surface area contributed by atoms with Crippen molar-refractivity contribution in [1.29, 1.82) is 0 Å². The summed E-state index contributed by atoms with van der Waals surface area (Å²) in [6.07, 6.45) is 2.98. The molecule has 2 fully saturated rings. The molecule has 4 rings (SSSR count). The number of halogens is 1. The third kappa shape index (κ3) is 5.20. The molecule has 0 radical (unpaired) electrons. The number of carbonyl (C=O) groups excluding carboxylic acids is 2. The van der Waals surface area contributed by atoms with E-state index >= 15 is 0 Å². The number of urea groups is 1. The lowest BCUT2D eigenvalue weighted by molar-refractivity contribution is -0.145. The van der Waals surface area contributed by atoms with E-state index in [9.17, 15) is 9.59 Å². The number of benzene rings is 2. The standard InChI is InChI=1S/C24H28ClN3O3/c25-20-10-8-19(9-11-20)21-17-28(14-15-31-21)22(29)24(12-4-5-13-24)27-23(30)26-16-18-6-2-1-3-7-18/h1-3,6-11,21H,4-5,12-17H2,(H2,26,27,30). The van der Waals surface area contributed by atoms with Crippen molar-refractivity contribution in [2.45, 2.75) is 43.9 Å². The van der Waals surface area contributed by atoms with Crippen LogP contribution in [0.1, 0.15) is 42.9 Å². The predicted octanol–water partition coefficient (Wildman–Crippen LogP) is 4.05. The number of nitrogens with one attached hydrogen (secondary N) is 2. The highest BCUT2D eigenvalue weighted by Crippen LogP contribution is 2.33. The summed E-state index contributed by atoms with van der Waals surface area (Å²) < 4.78 is 5.91. The molecule has 1 atom stereocenters. The van der Waals surface area contributed by atoms with Gasteiger partial charge in [0, 0.05) is 18.1 Å². The molecular weight excluding hydrogens is 414 g/mol. The summed E-state index contributed by atoms with van der Waals surface area (Å²) in [5, 5.41) is 6.58. The summed E-state index contributed by atoms with van der Waals surface area (Å²) in [6, 6.07) is 17.0. The van der Waals surface area contributed by atoms with Crippen LogP contribution < -0.4 is 10.6 Å². The summed E-state index contributed by atoms with van der Waals surface area (Å²) >= 11 is 6.00. The Balaban J connectivity index is 1.41. The highest BCUT2D eigenvalue weighted by Gasteiger charge is 2.45. The van der Waals surface area contributed by atoms with Crippen molar-refractivity contribution in [3.8, 4) is 0 Å². The van der Waals surface area contributed by atoms with Gasteiger partial charge in [-0.25, -0.2) is 4.79 Å². The second-order valence-corrected chi connectivity index (χ2v) is 8.68. The maximum absolute atomic E-state index is 13.6. The monoisotopic (exact) mass is 441 g/mol. The van der Waals surface area contributed by atoms with Crippen molar-refractivity contribution in [1.82, 2.24) is 15.5 Å². The van der Waals surface area contributed by atoms with Crippen LogP contribution in [0.2, 0.25) is 5.02 Å². The molecule has 31 heavy (non-hydrogen) atoms. The van der Waals surface area contributed by atoms with Gasteiger partial charge in [-0.2, -0.15) is 0 Å². The van der Waals surface area contributed by atoms with E-state index in [0.717, 1.165) is 24.0 Å². The van der Waals surface area contributed by atoms with Crippen molar-refractivity contribution >= 4 is 23.5 Å². The lowest BCUT2D eigenvalue weighted by atomic mass is 9.94. The minimum absolute atomic E-state index is 0.0119. The molecule has 0 spiro atoms. The third-order valence-electron chi connectivity index (χ3n) is 6.11. The first-order valence-electron chi connectivity index (χ1n) is 10.8. The fourth-order valence-corrected chi connectivity index (χ4v) is 4.55. The molecule has 3 amide bonds. The summed E-state index contributed by atoms with van der Waals surface area (Å²) in [7, 11) is 0. The van der Waals surface area contributed by atoms with E-state index in [2.05, 4.69) is 10.6 Å². The van der Waals surface area contributed by atoms with E-state index in [1.807, 2.05) is 59.5 Å². The second-order valence-electron chi connectivity index (χ2n) is 8.24. The zero-order valence-electron chi connectivity index (χ0n) is 17.5. The van der Waals surface area contributed by atoms with Crippen LogP contribution >= 0.6 is 11.6 Å². The maximum Gasteiger partial charge on any atom is 0.315 e. The molecule has 1 unspecified atom stereocenters. The van der Waals surface area contributed by atoms with E-state index in [1.165, 1.54) is 0 Å². The Morgan fingerprint density at radius 3 is 2.48 bits per heavy atom. The van der Waals surface area contributed by atoms with E-state index in [0.29, 0.717) is 44.1 Å². The number of nitrogens with zero attached hydrogens (tertiary/aromatic N) is 1. The lowest BCUT2D eigenvalue weighted by Crippen LogP contribution is -2.61. The molecule has 2 N–H and O–H groups in total. The molecule has 2 aromatic rings. The number of ether oxygens (including phenoxy) is 1. The minimum atomic E-state index is -0.845. The Morgan fingerprint density at radius 2 is 1.77 bits per heavy atom. The maximum atomic E-state index is 13.6. The smallest absolute Gasteiger partial charge is 0.315 e. The molecule has 1 heterocycles. The Kier molecular flexibility index (Phi) is 6.78. The molecule has 2 aliphatic rings. The first-order valence-corrected chi connectivity index (χ1v) is 11.2. The number of hydrogen-bond acceptors (Lipinski definition) is 3. The van der Waals surface area contributed by atoms with Crippen LogP contribution in [0.15, 0.2) is 54.6 Å². The number of rotatable bonds is 5. The first kappa shape index (κ1) is 21.7. The minimum Gasteiger partial charge on any atom is -0.370 e. The predicted molar refractivity (Wildman–Crippen MR) is 120 cm³/mol. The van der Waals surface area contributed by atoms with Crippen LogP contribution in [0.25, 0.3) is 0 Å². The van der Waals surface area contributed by atoms with Gasteiger partial charge in [-0.15, -0.1) is 0 Å². The van der Waals surface area contributed by atoms with Gasteiger partial charge in [0.05, 0.1) is 13.2 Å². The third-order valence-corrected chi connectivity index (χ3v) is 6.36. The average molecular weight is 442 g/mol. The largest absolute Gasteiger partial charge is 0.370 e. The lowest BCUT2D eigenvalue weighted by Gasteiger charge is -2.39. The summed E-state index contributed by atoms with van der Waals surface area (Å²) in [5.41, 5.74) is 1.17. The summed E-state index contributed by atoms with van der Waals surface area (Å²) in [5.74, 6) is -0.0119. The average Bonchev–Trinajstić information content (AvgIpc) is 3.28. The Morgan fingerprint density at radius 1 is 1.06 bits per heavy atom. The Labute approximate surface area is 187 Å². The molecule has 6 nitrogen and oxygen atoms in total. The van der Waals surface area contributed by atoms with E-state index in [1.54, 1.807) is 0 Å². The molecule has 7 heteroatoms. The fourth-order valence-electron chi connectivity index (χ4n) is 4.43. The number of carbonyl (C=O) groups is 2. The van der Waals surface area contributed by atoms with Gasteiger partial charge >= 0.3 is 6.03 Å². The molecule has 1 saturated carbocycles. The fraction of sp³-hybridized carbons (Fsp3) is 0.417. The summed E-state index contributed by atoms with van der Waals surface area (Å²) in [6.45, 7) is 1.88. The van der Waals surface area contributed by atoms with Gasteiger partial charge in [0.15, 0.2) is 0 Å². The van der Waals surface area contributed by atoms with Crippen LogP contribution in [0.5, 0.6) is 0 Å². The molecular formula is C24H28ClN3O3.